The first-order valence-electron chi connectivity index (χ1n) is 11.7. The Labute approximate surface area is 212 Å². The van der Waals surface area contributed by atoms with E-state index in [0.29, 0.717) is 32.2 Å². The van der Waals surface area contributed by atoms with Gasteiger partial charge in [-0.1, -0.05) is 20.3 Å². The molecular formula is C21H42N8O5S. The van der Waals surface area contributed by atoms with Crippen molar-refractivity contribution in [2.75, 3.05) is 18.8 Å². The van der Waals surface area contributed by atoms with Crippen molar-refractivity contribution in [3.63, 3.8) is 0 Å². The van der Waals surface area contributed by atoms with Gasteiger partial charge in [0.1, 0.15) is 18.1 Å². The summed E-state index contributed by atoms with van der Waals surface area (Å²) in [5.74, 6) is -3.24. The number of aliphatic carboxylic acids is 1. The molecule has 0 bridgehead atoms. The molecule has 5 unspecified atom stereocenters. The highest BCUT2D eigenvalue weighted by molar-refractivity contribution is 7.80. The van der Waals surface area contributed by atoms with Gasteiger partial charge in [0.2, 0.25) is 17.7 Å². The van der Waals surface area contributed by atoms with Gasteiger partial charge in [-0.15, -0.1) is 0 Å². The van der Waals surface area contributed by atoms with E-state index in [0.717, 1.165) is 0 Å². The average molecular weight is 519 g/mol. The lowest BCUT2D eigenvalue weighted by Crippen LogP contribution is -2.58. The van der Waals surface area contributed by atoms with Crippen LogP contribution in [0.3, 0.4) is 0 Å². The smallest absolute Gasteiger partial charge is 0.326 e. The lowest BCUT2D eigenvalue weighted by molar-refractivity contribution is -0.142. The van der Waals surface area contributed by atoms with Gasteiger partial charge in [-0.3, -0.25) is 19.4 Å². The number of carboxylic acids is 1. The largest absolute Gasteiger partial charge is 0.480 e. The second-order valence-corrected chi connectivity index (χ2v) is 8.71. The third-order valence-electron chi connectivity index (χ3n) is 5.52. The fraction of sp³-hybridized carbons (Fsp3) is 0.762. The molecule has 35 heavy (non-hydrogen) atoms. The molecular weight excluding hydrogens is 476 g/mol. The molecule has 0 rings (SSSR count). The summed E-state index contributed by atoms with van der Waals surface area (Å²) in [6.07, 6.45) is 2.46. The lowest BCUT2D eigenvalue weighted by atomic mass is 9.99. The number of amides is 3. The molecule has 0 spiro atoms. The number of nitrogens with zero attached hydrogens (tertiary/aromatic N) is 1. The standard InChI is InChI=1S/C21H42N8O5S/c1-3-12(2)16(23)19(32)29-15(11-35)18(31)27-13(7-4-5-9-22)17(30)28-14(20(33)34)8-6-10-26-21(24)25/h12-16,35H,3-11,22-23H2,1-2H3,(H,27,31)(H,28,30)(H,29,32)(H,33,34)(H4,24,25,26). The quantitative estimate of drug-likeness (QED) is 0.0421. The minimum atomic E-state index is -1.23. The van der Waals surface area contributed by atoms with Crippen molar-refractivity contribution in [3.8, 4) is 0 Å². The van der Waals surface area contributed by atoms with Crippen LogP contribution in [0.1, 0.15) is 52.4 Å². The highest BCUT2D eigenvalue weighted by Gasteiger charge is 2.30. The molecule has 0 aliphatic heterocycles. The molecule has 0 aliphatic carbocycles. The second-order valence-electron chi connectivity index (χ2n) is 8.35. The first-order chi connectivity index (χ1) is 16.5. The number of aliphatic imine (C=N–C) groups is 1. The Bertz CT molecular complexity index is 720. The molecule has 13 nitrogen and oxygen atoms in total. The minimum absolute atomic E-state index is 0.0233. The van der Waals surface area contributed by atoms with E-state index < -0.39 is 47.9 Å². The predicted octanol–water partition coefficient (Wildman–Crippen LogP) is -1.99. The summed E-state index contributed by atoms with van der Waals surface area (Å²) in [7, 11) is 0. The summed E-state index contributed by atoms with van der Waals surface area (Å²) in [5, 5.41) is 17.1. The van der Waals surface area contributed by atoms with Gasteiger partial charge in [0.05, 0.1) is 6.04 Å². The van der Waals surface area contributed by atoms with Crippen molar-refractivity contribution in [1.29, 1.82) is 0 Å². The maximum absolute atomic E-state index is 12.9. The van der Waals surface area contributed by atoms with Gasteiger partial charge in [-0.05, 0) is 44.6 Å². The number of carboxylic acid groups (broad SMARTS) is 1. The fourth-order valence-corrected chi connectivity index (χ4v) is 3.30. The Morgan fingerprint density at radius 1 is 0.914 bits per heavy atom. The summed E-state index contributed by atoms with van der Waals surface area (Å²) in [4.78, 5) is 53.5. The number of rotatable bonds is 18. The summed E-state index contributed by atoms with van der Waals surface area (Å²) < 4.78 is 0. The minimum Gasteiger partial charge on any atom is -0.480 e. The van der Waals surface area contributed by atoms with E-state index in [2.05, 4.69) is 33.6 Å². The Morgan fingerprint density at radius 3 is 1.97 bits per heavy atom. The molecule has 3 amide bonds. The number of hydrogen-bond donors (Lipinski definition) is 9. The maximum Gasteiger partial charge on any atom is 0.326 e. The maximum atomic E-state index is 12.9. The van der Waals surface area contributed by atoms with Crippen LogP contribution in [-0.2, 0) is 19.2 Å². The zero-order chi connectivity index (χ0) is 27.0. The lowest BCUT2D eigenvalue weighted by Gasteiger charge is -2.25. The van der Waals surface area contributed by atoms with Gasteiger partial charge in [-0.2, -0.15) is 12.6 Å². The molecule has 0 fully saturated rings. The van der Waals surface area contributed by atoms with Crippen LogP contribution in [0.25, 0.3) is 0 Å². The molecule has 202 valence electrons. The molecule has 0 aromatic rings. The molecule has 0 saturated heterocycles. The van der Waals surface area contributed by atoms with Gasteiger partial charge in [0.15, 0.2) is 5.96 Å². The number of thiol groups is 1. The van der Waals surface area contributed by atoms with Crippen LogP contribution in [0.4, 0.5) is 0 Å². The summed E-state index contributed by atoms with van der Waals surface area (Å²) in [5.41, 5.74) is 22.0. The predicted molar refractivity (Wildman–Crippen MR) is 138 cm³/mol. The summed E-state index contributed by atoms with van der Waals surface area (Å²) >= 11 is 4.14. The van der Waals surface area contributed by atoms with Crippen LogP contribution in [0.2, 0.25) is 0 Å². The highest BCUT2D eigenvalue weighted by atomic mass is 32.1. The normalized spacial score (nSPS) is 15.1. The Kier molecular flexibility index (Phi) is 16.5. The number of carbonyl (C=O) groups excluding carboxylic acids is 3. The molecule has 5 atom stereocenters. The van der Waals surface area contributed by atoms with Crippen LogP contribution in [0.15, 0.2) is 4.99 Å². The van der Waals surface area contributed by atoms with E-state index >= 15 is 0 Å². The first-order valence-corrected chi connectivity index (χ1v) is 12.4. The third kappa shape index (κ3) is 13.2. The Hall–Kier alpha value is -2.58. The van der Waals surface area contributed by atoms with Crippen LogP contribution < -0.4 is 38.9 Å². The van der Waals surface area contributed by atoms with Gasteiger partial charge in [0.25, 0.3) is 0 Å². The van der Waals surface area contributed by atoms with Crippen LogP contribution in [0, 0.1) is 5.92 Å². The third-order valence-corrected chi connectivity index (χ3v) is 5.88. The van der Waals surface area contributed by atoms with Crippen LogP contribution in [0.5, 0.6) is 0 Å². The molecule has 0 heterocycles. The number of unbranched alkanes of at least 4 members (excludes halogenated alkanes) is 1. The van der Waals surface area contributed by atoms with E-state index in [1.807, 2.05) is 13.8 Å². The van der Waals surface area contributed by atoms with E-state index in [9.17, 15) is 24.3 Å². The zero-order valence-corrected chi connectivity index (χ0v) is 21.4. The van der Waals surface area contributed by atoms with Crippen molar-refractivity contribution in [1.82, 2.24) is 16.0 Å². The number of nitrogens with two attached hydrogens (primary N) is 4. The van der Waals surface area contributed by atoms with Crippen molar-refractivity contribution >= 4 is 42.3 Å². The van der Waals surface area contributed by atoms with E-state index in [4.69, 9.17) is 22.9 Å². The Morgan fingerprint density at radius 2 is 1.46 bits per heavy atom. The molecule has 12 N–H and O–H groups in total. The highest BCUT2D eigenvalue weighted by Crippen LogP contribution is 2.07. The Balaban J connectivity index is 5.30. The monoisotopic (exact) mass is 518 g/mol. The average Bonchev–Trinajstić information content (AvgIpc) is 2.81. The van der Waals surface area contributed by atoms with Crippen molar-refractivity contribution in [3.05, 3.63) is 0 Å². The van der Waals surface area contributed by atoms with E-state index in [1.54, 1.807) is 0 Å². The number of nitrogens with one attached hydrogen (secondary N) is 3. The van der Waals surface area contributed by atoms with Crippen LogP contribution >= 0.6 is 12.6 Å². The molecule has 0 aromatic carbocycles. The number of guanidine groups is 1. The van der Waals surface area contributed by atoms with Gasteiger partial charge in [-0.25, -0.2) is 4.79 Å². The molecule has 0 aliphatic rings. The van der Waals surface area contributed by atoms with Gasteiger partial charge < -0.3 is 44.0 Å². The number of hydrogen-bond acceptors (Lipinski definition) is 8. The molecule has 0 radical (unpaired) electrons. The molecule has 0 saturated carbocycles. The van der Waals surface area contributed by atoms with Gasteiger partial charge >= 0.3 is 5.97 Å². The van der Waals surface area contributed by atoms with Gasteiger partial charge in [0, 0.05) is 12.3 Å². The molecule has 0 aromatic heterocycles. The topological polar surface area (TPSA) is 241 Å². The van der Waals surface area contributed by atoms with Crippen molar-refractivity contribution < 1.29 is 24.3 Å². The zero-order valence-electron chi connectivity index (χ0n) is 20.5. The second kappa shape index (κ2) is 17.8. The van der Waals surface area contributed by atoms with Crippen molar-refractivity contribution in [2.24, 2.45) is 33.8 Å². The summed E-state index contributed by atoms with van der Waals surface area (Å²) in [6.45, 7) is 4.33. The van der Waals surface area contributed by atoms with E-state index in [-0.39, 0.29) is 37.0 Å². The molecule has 14 heteroatoms. The van der Waals surface area contributed by atoms with E-state index in [1.165, 1.54) is 0 Å². The SMILES string of the molecule is CCC(C)C(N)C(=O)NC(CS)C(=O)NC(CCCCN)C(=O)NC(CCCN=C(N)N)C(=O)O. The summed E-state index contributed by atoms with van der Waals surface area (Å²) in [6, 6.07) is -4.05. The first kappa shape index (κ1) is 32.4. The number of carbonyl (C=O) groups is 4. The van der Waals surface area contributed by atoms with Crippen LogP contribution in [-0.4, -0.2) is 77.8 Å². The fourth-order valence-electron chi connectivity index (χ4n) is 3.04. The van der Waals surface area contributed by atoms with Crippen molar-refractivity contribution in [2.45, 2.75) is 76.5 Å².